The second-order valence-electron chi connectivity index (χ2n) is 6.62. The van der Waals surface area contributed by atoms with Crippen LogP contribution < -0.4 is 25.1 Å². The van der Waals surface area contributed by atoms with Gasteiger partial charge < -0.3 is 24.1 Å². The van der Waals surface area contributed by atoms with E-state index in [-0.39, 0.29) is 35.7 Å². The fourth-order valence-electron chi connectivity index (χ4n) is 3.08. The van der Waals surface area contributed by atoms with E-state index in [0.29, 0.717) is 42.8 Å². The Morgan fingerprint density at radius 3 is 2.35 bits per heavy atom. The smallest absolute Gasteiger partial charge is 0.267 e. The molecule has 0 bridgehead atoms. The van der Waals surface area contributed by atoms with Gasteiger partial charge in [0.05, 0.1) is 25.5 Å². The molecular weight excluding hydrogens is 404 g/mol. The Balaban J connectivity index is 1.75. The predicted octanol–water partition coefficient (Wildman–Crippen LogP) is 2.21. The van der Waals surface area contributed by atoms with Crippen LogP contribution in [-0.2, 0) is 17.9 Å². The number of aromatic nitrogens is 3. The van der Waals surface area contributed by atoms with Crippen LogP contribution in [0.25, 0.3) is 11.1 Å². The quantitative estimate of drug-likeness (QED) is 0.520. The van der Waals surface area contributed by atoms with Crippen LogP contribution in [0.1, 0.15) is 32.0 Å². The molecular formula is C21H26N4O6. The molecule has 10 heteroatoms. The summed E-state index contributed by atoms with van der Waals surface area (Å²) in [6.45, 7) is 8.72. The van der Waals surface area contributed by atoms with Crippen LogP contribution in [0.3, 0.4) is 0 Å². The van der Waals surface area contributed by atoms with E-state index in [1.54, 1.807) is 19.1 Å². The molecule has 0 aliphatic heterocycles. The minimum Gasteiger partial charge on any atom is -0.490 e. The van der Waals surface area contributed by atoms with Crippen molar-refractivity contribution >= 4 is 17.0 Å². The molecule has 0 unspecified atom stereocenters. The first-order valence-electron chi connectivity index (χ1n) is 10.1. The van der Waals surface area contributed by atoms with Gasteiger partial charge in [0.25, 0.3) is 11.3 Å². The molecule has 0 atom stereocenters. The van der Waals surface area contributed by atoms with Crippen molar-refractivity contribution in [1.29, 1.82) is 0 Å². The average molecular weight is 430 g/mol. The molecule has 0 aliphatic carbocycles. The van der Waals surface area contributed by atoms with E-state index in [2.05, 4.69) is 15.5 Å². The number of amides is 1. The van der Waals surface area contributed by atoms with E-state index in [1.807, 2.05) is 20.8 Å². The summed E-state index contributed by atoms with van der Waals surface area (Å²) < 4.78 is 23.3. The number of carbonyl (C=O) groups is 1. The molecule has 0 aliphatic rings. The number of nitrogens with one attached hydrogen (secondary N) is 1. The Hall–Kier alpha value is -3.56. The summed E-state index contributed by atoms with van der Waals surface area (Å²) in [5, 5.41) is 6.81. The van der Waals surface area contributed by atoms with Crippen molar-refractivity contribution in [2.75, 3.05) is 19.8 Å². The molecule has 2 aromatic heterocycles. The van der Waals surface area contributed by atoms with Crippen molar-refractivity contribution in [3.8, 4) is 17.2 Å². The van der Waals surface area contributed by atoms with Gasteiger partial charge in [-0.2, -0.15) is 0 Å². The number of ether oxygens (including phenoxy) is 3. The summed E-state index contributed by atoms with van der Waals surface area (Å²) in [5.74, 6) is 1.29. The molecule has 31 heavy (non-hydrogen) atoms. The number of benzene rings is 1. The van der Waals surface area contributed by atoms with Crippen LogP contribution in [0.15, 0.2) is 27.8 Å². The van der Waals surface area contributed by atoms with Gasteiger partial charge in [-0.1, -0.05) is 5.16 Å². The number of nitrogens with zero attached hydrogens (tertiary/aromatic N) is 3. The highest BCUT2D eigenvalue weighted by atomic mass is 16.5. The van der Waals surface area contributed by atoms with Gasteiger partial charge in [-0.3, -0.25) is 14.2 Å². The summed E-state index contributed by atoms with van der Waals surface area (Å²) >= 11 is 0. The van der Waals surface area contributed by atoms with E-state index in [4.69, 9.17) is 18.7 Å². The Bertz CT molecular complexity index is 1090. The van der Waals surface area contributed by atoms with Crippen molar-refractivity contribution in [1.82, 2.24) is 20.0 Å². The van der Waals surface area contributed by atoms with E-state index >= 15 is 0 Å². The lowest BCUT2D eigenvalue weighted by molar-refractivity contribution is -0.121. The van der Waals surface area contributed by atoms with Crippen LogP contribution in [0.2, 0.25) is 0 Å². The molecule has 0 spiro atoms. The lowest BCUT2D eigenvalue weighted by atomic mass is 10.1. The largest absolute Gasteiger partial charge is 0.490 e. The van der Waals surface area contributed by atoms with Gasteiger partial charge in [-0.15, -0.1) is 0 Å². The Labute approximate surface area is 179 Å². The van der Waals surface area contributed by atoms with Crippen LogP contribution >= 0.6 is 0 Å². The fourth-order valence-corrected chi connectivity index (χ4v) is 3.08. The summed E-state index contributed by atoms with van der Waals surface area (Å²) in [5.41, 5.74) is 0.987. The fraction of sp³-hybridized carbons (Fsp3) is 0.429. The molecule has 0 saturated carbocycles. The first kappa shape index (κ1) is 22.1. The van der Waals surface area contributed by atoms with Crippen LogP contribution in [-0.4, -0.2) is 40.4 Å². The second kappa shape index (κ2) is 9.96. The normalized spacial score (nSPS) is 10.8. The average Bonchev–Trinajstić information content (AvgIpc) is 3.13. The zero-order chi connectivity index (χ0) is 22.4. The standard InChI is InChI=1S/C21H26N4O6/c1-5-28-15-8-14(9-16(29-6-2)19(15)30-7-3)10-22-17(26)11-25-12-23-20-18(21(25)27)13(4)24-31-20/h8-9,12H,5-7,10-11H2,1-4H3,(H,22,26). The van der Waals surface area contributed by atoms with E-state index in [1.165, 1.54) is 10.9 Å². The van der Waals surface area contributed by atoms with Crippen LogP contribution in [0.5, 0.6) is 17.2 Å². The highest BCUT2D eigenvalue weighted by Crippen LogP contribution is 2.39. The molecule has 166 valence electrons. The first-order chi connectivity index (χ1) is 15.0. The molecule has 3 rings (SSSR count). The highest BCUT2D eigenvalue weighted by Gasteiger charge is 2.17. The topological polar surface area (TPSA) is 118 Å². The third-order valence-corrected chi connectivity index (χ3v) is 4.41. The van der Waals surface area contributed by atoms with Crippen molar-refractivity contribution in [3.05, 3.63) is 40.1 Å². The third kappa shape index (κ3) is 4.96. The molecule has 10 nitrogen and oxygen atoms in total. The Morgan fingerprint density at radius 2 is 1.74 bits per heavy atom. The lowest BCUT2D eigenvalue weighted by Gasteiger charge is -2.17. The summed E-state index contributed by atoms with van der Waals surface area (Å²) in [6, 6.07) is 3.61. The maximum absolute atomic E-state index is 12.5. The second-order valence-corrected chi connectivity index (χ2v) is 6.62. The zero-order valence-electron chi connectivity index (χ0n) is 18.1. The SMILES string of the molecule is CCOc1cc(CNC(=O)Cn2cnc3onc(C)c3c2=O)cc(OCC)c1OCC. The number of hydrogen-bond acceptors (Lipinski definition) is 8. The molecule has 1 N–H and O–H groups in total. The summed E-state index contributed by atoms with van der Waals surface area (Å²) in [4.78, 5) is 29.0. The molecule has 0 saturated heterocycles. The lowest BCUT2D eigenvalue weighted by Crippen LogP contribution is -2.32. The van der Waals surface area contributed by atoms with Crippen molar-refractivity contribution in [3.63, 3.8) is 0 Å². The Kier molecular flexibility index (Phi) is 7.11. The maximum Gasteiger partial charge on any atom is 0.267 e. The van der Waals surface area contributed by atoms with Crippen molar-refractivity contribution < 1.29 is 23.5 Å². The number of fused-ring (bicyclic) bond motifs is 1. The maximum atomic E-state index is 12.5. The van der Waals surface area contributed by atoms with Crippen LogP contribution in [0.4, 0.5) is 0 Å². The van der Waals surface area contributed by atoms with Crippen LogP contribution in [0, 0.1) is 6.92 Å². The number of aryl methyl sites for hydroxylation is 1. The monoisotopic (exact) mass is 430 g/mol. The van der Waals surface area contributed by atoms with Crippen molar-refractivity contribution in [2.24, 2.45) is 0 Å². The van der Waals surface area contributed by atoms with E-state index < -0.39 is 0 Å². The van der Waals surface area contributed by atoms with Gasteiger partial charge in [0.15, 0.2) is 11.5 Å². The third-order valence-electron chi connectivity index (χ3n) is 4.41. The predicted molar refractivity (Wildman–Crippen MR) is 113 cm³/mol. The van der Waals surface area contributed by atoms with Crippen molar-refractivity contribution in [2.45, 2.75) is 40.8 Å². The number of carbonyl (C=O) groups excluding carboxylic acids is 1. The summed E-state index contributed by atoms with van der Waals surface area (Å²) in [7, 11) is 0. The highest BCUT2D eigenvalue weighted by molar-refractivity contribution is 5.77. The van der Waals surface area contributed by atoms with Gasteiger partial charge >= 0.3 is 0 Å². The van der Waals surface area contributed by atoms with E-state index in [9.17, 15) is 9.59 Å². The molecule has 3 aromatic rings. The summed E-state index contributed by atoms with van der Waals surface area (Å²) in [6.07, 6.45) is 1.27. The molecule has 1 amide bonds. The van der Waals surface area contributed by atoms with E-state index in [0.717, 1.165) is 5.56 Å². The zero-order valence-corrected chi connectivity index (χ0v) is 18.1. The minimum absolute atomic E-state index is 0.153. The van der Waals surface area contributed by atoms with Gasteiger partial charge in [-0.25, -0.2) is 4.98 Å². The molecule has 2 heterocycles. The molecule has 0 fully saturated rings. The van der Waals surface area contributed by atoms with Gasteiger partial charge in [0, 0.05) is 6.54 Å². The van der Waals surface area contributed by atoms with Gasteiger partial charge in [0.1, 0.15) is 18.3 Å². The number of rotatable bonds is 10. The van der Waals surface area contributed by atoms with Gasteiger partial charge in [0.2, 0.25) is 11.7 Å². The molecule has 0 radical (unpaired) electrons. The molecule has 1 aromatic carbocycles. The van der Waals surface area contributed by atoms with Gasteiger partial charge in [-0.05, 0) is 45.4 Å². The number of hydrogen-bond donors (Lipinski definition) is 1. The Morgan fingerprint density at radius 1 is 1.10 bits per heavy atom. The first-order valence-corrected chi connectivity index (χ1v) is 10.1. The minimum atomic E-state index is -0.378.